The largest absolute Gasteiger partial charge is 0.507 e. The number of carbonyl (C=O) groups excluding carboxylic acids is 3. The molecule has 4 fully saturated rings. The maximum Gasteiger partial charge on any atom is 0.272 e. The molecule has 4 unspecified atom stereocenters. The Morgan fingerprint density at radius 1 is 1.08 bits per heavy atom. The monoisotopic (exact) mass is 716 g/mol. The Kier molecular flexibility index (Phi) is 8.88. The quantitative estimate of drug-likeness (QED) is 0.177. The number of aliphatic hydroxyl groups excluding tert-OH is 2. The van der Waals surface area contributed by atoms with Crippen LogP contribution >= 0.6 is 0 Å². The Labute approximate surface area is 305 Å². The van der Waals surface area contributed by atoms with Gasteiger partial charge in [-0.3, -0.25) is 24.3 Å². The van der Waals surface area contributed by atoms with Crippen molar-refractivity contribution in [1.29, 1.82) is 0 Å². The molecule has 0 aromatic heterocycles. The molecule has 10 atom stereocenters. The van der Waals surface area contributed by atoms with Crippen LogP contribution in [-0.2, 0) is 9.53 Å². The lowest BCUT2D eigenvalue weighted by molar-refractivity contribution is -0.150. The molecule has 1 saturated carbocycles. The topological polar surface area (TPSA) is 170 Å². The third-order valence-electron chi connectivity index (χ3n) is 12.2. The van der Waals surface area contributed by atoms with E-state index < -0.39 is 41.1 Å². The van der Waals surface area contributed by atoms with E-state index in [1.54, 1.807) is 52.8 Å². The van der Waals surface area contributed by atoms with Gasteiger partial charge < -0.3 is 35.4 Å². The number of ketones is 2. The molecule has 0 radical (unpaired) electrons. The maximum absolute atomic E-state index is 14.6. The van der Waals surface area contributed by atoms with Gasteiger partial charge in [0.25, 0.3) is 11.7 Å². The molecular formula is C40H52N4O8. The summed E-state index contributed by atoms with van der Waals surface area (Å²) >= 11 is 0. The molecular weight excluding hydrogens is 664 g/mol. The highest BCUT2D eigenvalue weighted by atomic mass is 16.7. The van der Waals surface area contributed by atoms with E-state index in [-0.39, 0.29) is 75.3 Å². The lowest BCUT2D eigenvalue weighted by Gasteiger charge is -2.38. The van der Waals surface area contributed by atoms with E-state index in [0.717, 1.165) is 25.9 Å². The van der Waals surface area contributed by atoms with Crippen LogP contribution in [-0.4, -0.2) is 92.3 Å². The first-order valence-electron chi connectivity index (χ1n) is 18.7. The first-order valence-corrected chi connectivity index (χ1v) is 18.7. The third kappa shape index (κ3) is 5.39. The van der Waals surface area contributed by atoms with Gasteiger partial charge in [-0.1, -0.05) is 45.9 Å². The maximum atomic E-state index is 14.6. The second-order valence-electron chi connectivity index (χ2n) is 16.6. The number of amides is 1. The molecule has 1 aromatic rings. The van der Waals surface area contributed by atoms with E-state index in [4.69, 9.17) is 14.5 Å². The van der Waals surface area contributed by atoms with Crippen LogP contribution in [0, 0.1) is 36.5 Å². The number of rotatable bonds is 10. The fourth-order valence-corrected chi connectivity index (χ4v) is 9.48. The summed E-state index contributed by atoms with van der Waals surface area (Å²) in [6, 6.07) is 0.0828. The van der Waals surface area contributed by atoms with E-state index in [9.17, 15) is 29.7 Å². The molecule has 52 heavy (non-hydrogen) atoms. The number of fused-ring (bicyclic) bond motifs is 5. The van der Waals surface area contributed by atoms with Crippen molar-refractivity contribution in [1.82, 2.24) is 15.5 Å². The van der Waals surface area contributed by atoms with Crippen LogP contribution in [0.1, 0.15) is 100 Å². The second kappa shape index (κ2) is 12.6. The summed E-state index contributed by atoms with van der Waals surface area (Å²) in [5.41, 5.74) is 0.645. The molecule has 1 aromatic carbocycles. The lowest BCUT2D eigenvalue weighted by atomic mass is 9.75. The zero-order valence-corrected chi connectivity index (χ0v) is 31.5. The number of hydrogen-bond acceptors (Lipinski definition) is 11. The van der Waals surface area contributed by atoms with Gasteiger partial charge in [0, 0.05) is 54.5 Å². The first-order chi connectivity index (χ1) is 24.4. The van der Waals surface area contributed by atoms with Gasteiger partial charge in [-0.2, -0.15) is 0 Å². The first kappa shape index (κ1) is 36.5. The number of carbonyl (C=O) groups is 3. The molecule has 12 nitrogen and oxygen atoms in total. The number of Topliss-reactive ketones (excluding diaryl/α,β-unsaturated/α-hetero) is 2. The molecule has 7 aliphatic rings. The average Bonchev–Trinajstić information content (AvgIpc) is 3.76. The summed E-state index contributed by atoms with van der Waals surface area (Å²) in [6.45, 7) is 17.7. The number of aromatic hydroxyl groups is 1. The highest BCUT2D eigenvalue weighted by Crippen LogP contribution is 2.56. The number of aliphatic imine (C=N–C) groups is 1. The van der Waals surface area contributed by atoms with Crippen LogP contribution in [0.4, 0.5) is 0 Å². The van der Waals surface area contributed by atoms with Gasteiger partial charge in [0.1, 0.15) is 22.9 Å². The Morgan fingerprint density at radius 2 is 1.79 bits per heavy atom. The molecule has 5 heterocycles. The number of ether oxygens (including phenoxy) is 2. The molecule has 1 spiro atoms. The summed E-state index contributed by atoms with van der Waals surface area (Å²) in [7, 11) is 0. The Morgan fingerprint density at radius 3 is 2.44 bits per heavy atom. The Bertz CT molecular complexity index is 1870. The molecule has 4 bridgehead atoms. The predicted octanol–water partition coefficient (Wildman–Crippen LogP) is 3.91. The van der Waals surface area contributed by atoms with Crippen molar-refractivity contribution in [3.8, 4) is 11.5 Å². The van der Waals surface area contributed by atoms with Crippen LogP contribution < -0.4 is 15.4 Å². The van der Waals surface area contributed by atoms with Crippen LogP contribution in [0.3, 0.4) is 0 Å². The fourth-order valence-electron chi connectivity index (χ4n) is 9.48. The summed E-state index contributed by atoms with van der Waals surface area (Å²) in [4.78, 5) is 50.4. The SMILES string of the molecule is C/C(=C/C=C/[C@H](C)[C@H](O)[C@@H](C)[C@@H](O)C(C)C)C(=O)NC1=C2N[C@]3(N=C2c2c(c(O)c(C)c4c2C(=O)[C@@](C)(OC(C)C)O4)C1=O)C1CC2CC3N(C2)C1. The number of hydrogen-bond donors (Lipinski definition) is 5. The number of aliphatic hydroxyl groups is 2. The molecule has 5 aliphatic heterocycles. The van der Waals surface area contributed by atoms with Gasteiger partial charge in [0.05, 0.1) is 46.9 Å². The van der Waals surface area contributed by atoms with Crippen molar-refractivity contribution < 1.29 is 39.2 Å². The normalized spacial score (nSPS) is 32.3. The van der Waals surface area contributed by atoms with Crippen molar-refractivity contribution in [3.05, 3.63) is 57.4 Å². The minimum Gasteiger partial charge on any atom is -0.507 e. The molecule has 5 N–H and O–H groups in total. The molecule has 12 heteroatoms. The summed E-state index contributed by atoms with van der Waals surface area (Å²) < 4.78 is 12.1. The van der Waals surface area contributed by atoms with Gasteiger partial charge in [-0.25, -0.2) is 0 Å². The number of nitrogens with one attached hydrogen (secondary N) is 2. The van der Waals surface area contributed by atoms with Crippen LogP contribution in [0.15, 0.2) is 40.2 Å². The van der Waals surface area contributed by atoms with Crippen molar-refractivity contribution in [2.24, 2.45) is 34.6 Å². The second-order valence-corrected chi connectivity index (χ2v) is 16.6. The highest BCUT2D eigenvalue weighted by molar-refractivity contribution is 6.34. The average molecular weight is 717 g/mol. The van der Waals surface area contributed by atoms with Crippen molar-refractivity contribution in [3.63, 3.8) is 0 Å². The van der Waals surface area contributed by atoms with Gasteiger partial charge >= 0.3 is 0 Å². The number of phenolic OH excluding ortho intramolecular Hbond substituents is 1. The number of allylic oxidation sites excluding steroid dienone is 4. The zero-order chi connectivity index (χ0) is 37.8. The van der Waals surface area contributed by atoms with Crippen LogP contribution in [0.5, 0.6) is 11.5 Å². The predicted molar refractivity (Wildman–Crippen MR) is 194 cm³/mol. The van der Waals surface area contributed by atoms with Crippen LogP contribution in [0.25, 0.3) is 0 Å². The van der Waals surface area contributed by atoms with E-state index in [1.807, 2.05) is 27.7 Å². The third-order valence-corrected chi connectivity index (χ3v) is 12.2. The molecule has 280 valence electrons. The molecule has 2 aliphatic carbocycles. The molecule has 1 amide bonds. The fraction of sp³-hybridized carbons (Fsp3) is 0.600. The zero-order valence-electron chi connectivity index (χ0n) is 31.5. The number of piperidine rings is 1. The van der Waals surface area contributed by atoms with E-state index in [1.165, 1.54) is 0 Å². The summed E-state index contributed by atoms with van der Waals surface area (Å²) in [6.07, 6.45) is 5.20. The van der Waals surface area contributed by atoms with Gasteiger partial charge in [0.15, 0.2) is 0 Å². The van der Waals surface area contributed by atoms with Crippen molar-refractivity contribution in [2.75, 3.05) is 13.1 Å². The Balaban J connectivity index is 1.26. The van der Waals surface area contributed by atoms with Gasteiger partial charge in [-0.15, -0.1) is 0 Å². The van der Waals surface area contributed by atoms with Crippen molar-refractivity contribution >= 4 is 23.2 Å². The van der Waals surface area contributed by atoms with E-state index in [2.05, 4.69) is 15.5 Å². The molecule has 8 rings (SSSR count). The minimum absolute atomic E-state index is 0.00219. The standard InChI is InChI=1S/C40H52N4O8/c1-17(2)32(45)21(7)33(46)19(5)11-10-12-20(6)38(50)41-31-30-29(42-40(43-30)24-13-23-14-25(40)44(15-23)16-24)26-27(35(31)48)34(47)22(8)36-28(26)37(49)39(9,52-36)51-18(3)4/h10-12,17-19,21,23-25,32-33,43,45-47H,13-16H2,1-9H3,(H,41,50)/b11-10+,20-12-/t19-,21-,23?,24?,25?,32-,33-,39-,40+/m0/s1. The van der Waals surface area contributed by atoms with E-state index >= 15 is 0 Å². The lowest BCUT2D eigenvalue weighted by Crippen LogP contribution is -2.54. The number of phenols is 1. The summed E-state index contributed by atoms with van der Waals surface area (Å²) in [5, 5.41) is 39.4. The summed E-state index contributed by atoms with van der Waals surface area (Å²) in [5.74, 6) is -3.39. The highest BCUT2D eigenvalue weighted by Gasteiger charge is 2.65. The van der Waals surface area contributed by atoms with Gasteiger partial charge in [-0.05, 0) is 52.4 Å². The Hall–Kier alpha value is -3.84. The number of benzene rings is 1. The smallest absolute Gasteiger partial charge is 0.272 e. The van der Waals surface area contributed by atoms with E-state index in [0.29, 0.717) is 22.9 Å². The van der Waals surface area contributed by atoms with Crippen LogP contribution in [0.2, 0.25) is 0 Å². The minimum atomic E-state index is -1.67. The molecule has 3 saturated heterocycles. The number of nitrogens with zero attached hydrogens (tertiary/aromatic N) is 2. The van der Waals surface area contributed by atoms with Crippen molar-refractivity contribution in [2.45, 2.75) is 111 Å². The van der Waals surface area contributed by atoms with Gasteiger partial charge in [0.2, 0.25) is 11.6 Å².